The molecule has 0 fully saturated rings. The third-order valence-corrected chi connectivity index (χ3v) is 1.70. The van der Waals surface area contributed by atoms with Crippen molar-refractivity contribution in [3.8, 4) is 0 Å². The van der Waals surface area contributed by atoms with Crippen LogP contribution >= 0.6 is 13.4 Å². The molecule has 0 aromatic rings. The van der Waals surface area contributed by atoms with Gasteiger partial charge in [0, 0.05) is 0 Å². The van der Waals surface area contributed by atoms with Crippen LogP contribution in [0.25, 0.3) is 0 Å². The molecule has 0 bridgehead atoms. The van der Waals surface area contributed by atoms with Gasteiger partial charge in [0.25, 0.3) is 0 Å². The van der Waals surface area contributed by atoms with E-state index in [2.05, 4.69) is 34.6 Å². The molecule has 0 spiro atoms. The average Bonchev–Trinajstić information content (AvgIpc) is 1.99. The normalized spacial score (nSPS) is 10.9. The first-order valence-corrected chi connectivity index (χ1v) is 11.3. The molecular weight excluding hydrogens is 362 g/mol. The fourth-order valence-electron chi connectivity index (χ4n) is 0.500. The van der Waals surface area contributed by atoms with Gasteiger partial charge < -0.3 is 29.4 Å². The maximum Gasteiger partial charge on any atom is 0.319 e. The van der Waals surface area contributed by atoms with Gasteiger partial charge in [0.15, 0.2) is 0 Å². The third kappa shape index (κ3) is 136. The van der Waals surface area contributed by atoms with Crippen molar-refractivity contribution in [3.63, 3.8) is 0 Å². The van der Waals surface area contributed by atoms with Gasteiger partial charge in [-0.25, -0.2) is 0 Å². The molecule has 0 heterocycles. The van der Waals surface area contributed by atoms with Gasteiger partial charge in [-0.05, 0) is 23.6 Å². The van der Waals surface area contributed by atoms with Crippen LogP contribution in [-0.2, 0) is 42.2 Å². The standard InChI is InChI=1S/C5H12N.2H3O3PS.Zn/c1-2-3-4-5-6;2*1-4(2,3)5;/h6H,2-5H2,1H3;2*(H3,1,2,3,5);/q-1;;;+1. The second kappa shape index (κ2) is 14.1. The summed E-state index contributed by atoms with van der Waals surface area (Å²) in [6, 6.07) is 0. The summed E-state index contributed by atoms with van der Waals surface area (Å²) in [4.78, 5) is 45.3. The van der Waals surface area contributed by atoms with Crippen molar-refractivity contribution in [2.45, 2.75) is 26.2 Å². The van der Waals surface area contributed by atoms with E-state index in [0.29, 0.717) is 0 Å². The molecule has 0 rings (SSSR count). The largest absolute Gasteiger partial charge is 0.325 e. The molecule has 103 valence electrons. The number of hydrogen-bond acceptors (Lipinski definition) is 3. The first-order chi connectivity index (χ1) is 7.41. The molecule has 0 amide bonds. The van der Waals surface area contributed by atoms with E-state index in [9.17, 15) is 0 Å². The van der Waals surface area contributed by atoms with Crippen LogP contribution in [0.2, 0.25) is 0 Å². The molecule has 0 aromatic carbocycles. The zero-order valence-electron chi connectivity index (χ0n) is 9.43. The van der Waals surface area contributed by atoms with Crippen molar-refractivity contribution < 1.29 is 47.9 Å². The first kappa shape index (κ1) is 23.7. The van der Waals surface area contributed by atoms with Crippen molar-refractivity contribution in [1.29, 1.82) is 0 Å². The molecule has 7 nitrogen and oxygen atoms in total. The Kier molecular flexibility index (Phi) is 19.6. The minimum atomic E-state index is -3.81. The van der Waals surface area contributed by atoms with Crippen LogP contribution in [0, 0.1) is 0 Å². The zero-order chi connectivity index (χ0) is 14.5. The van der Waals surface area contributed by atoms with Gasteiger partial charge in [-0.15, -0.1) is 0 Å². The minimum absolute atomic E-state index is 1.23. The van der Waals surface area contributed by atoms with Crippen molar-refractivity contribution in [2.24, 2.45) is 0 Å². The Balaban J connectivity index is -0.000000177. The minimum Gasteiger partial charge on any atom is -0.325 e. The molecule has 0 saturated carbocycles. The van der Waals surface area contributed by atoms with Gasteiger partial charge in [-0.2, -0.15) is 0 Å². The van der Waals surface area contributed by atoms with Crippen LogP contribution in [0.4, 0.5) is 0 Å². The second-order valence-electron chi connectivity index (χ2n) is 2.73. The van der Waals surface area contributed by atoms with Gasteiger partial charge in [0.1, 0.15) is 0 Å². The fourth-order valence-corrected chi connectivity index (χ4v) is 1.02. The maximum absolute atomic E-state index is 7.56. The van der Waals surface area contributed by atoms with Crippen LogP contribution in [-0.4, -0.2) is 35.9 Å². The first-order valence-electron chi connectivity index (χ1n) is 4.48. The van der Waals surface area contributed by atoms with Crippen molar-refractivity contribution in [1.82, 2.24) is 4.06 Å². The Labute approximate surface area is 121 Å². The molecule has 17 heavy (non-hydrogen) atoms. The van der Waals surface area contributed by atoms with Crippen LogP contribution in [0.3, 0.4) is 0 Å². The van der Waals surface area contributed by atoms with E-state index >= 15 is 0 Å². The molecule has 7 N–H and O–H groups in total. The fraction of sp³-hybridized carbons (Fsp3) is 1.00. The predicted octanol–water partition coefficient (Wildman–Crippen LogP) is -0.396. The molecule has 0 aliphatic rings. The molecule has 0 unspecified atom stereocenters. The summed E-state index contributed by atoms with van der Waals surface area (Å²) in [6.07, 6.45) is 4.07. The zero-order valence-corrected chi connectivity index (χ0v) is 15.8. The van der Waals surface area contributed by atoms with Crippen molar-refractivity contribution in [3.05, 3.63) is 0 Å². The van der Waals surface area contributed by atoms with E-state index in [-0.39, 0.29) is 0 Å². The molecule has 0 saturated heterocycles. The van der Waals surface area contributed by atoms with E-state index in [1.807, 2.05) is 0 Å². The van der Waals surface area contributed by atoms with Crippen LogP contribution in [0.15, 0.2) is 0 Å². The van der Waals surface area contributed by atoms with E-state index in [1.165, 1.54) is 44.3 Å². The van der Waals surface area contributed by atoms with E-state index in [4.69, 9.17) is 29.4 Å². The second-order valence-corrected chi connectivity index (χ2v) is 8.78. The van der Waals surface area contributed by atoms with Gasteiger partial charge in [0.05, 0.1) is 0 Å². The maximum atomic E-state index is 7.56. The van der Waals surface area contributed by atoms with Gasteiger partial charge in [0.2, 0.25) is 0 Å². The summed E-state index contributed by atoms with van der Waals surface area (Å²) in [5.41, 5.74) is 0. The molecule has 0 atom stereocenters. The Morgan fingerprint density at radius 1 is 0.941 bits per heavy atom. The van der Waals surface area contributed by atoms with Crippen molar-refractivity contribution >= 4 is 37.1 Å². The Hall–Kier alpha value is 1.64. The van der Waals surface area contributed by atoms with E-state index in [1.54, 1.807) is 0 Å². The number of hydrogen-bond donors (Lipinski definition) is 7. The summed E-state index contributed by atoms with van der Waals surface area (Å²) >= 11 is 8.45. The number of unbranched alkanes of at least 4 members (excludes halogenated alkanes) is 2. The summed E-state index contributed by atoms with van der Waals surface area (Å²) < 4.78 is 3.23. The predicted molar refractivity (Wildman–Crippen MR) is 69.4 cm³/mol. The van der Waals surface area contributed by atoms with Gasteiger partial charge >= 0.3 is 68.8 Å². The van der Waals surface area contributed by atoms with Gasteiger partial charge in [-0.1, -0.05) is 0 Å². The van der Waals surface area contributed by atoms with E-state index in [0.717, 1.165) is 0 Å². The Bertz CT molecular complexity index is 206. The van der Waals surface area contributed by atoms with Gasteiger partial charge in [-0.3, -0.25) is 0 Å². The Morgan fingerprint density at radius 3 is 1.41 bits per heavy atom. The smallest absolute Gasteiger partial charge is 0.319 e. The van der Waals surface area contributed by atoms with Crippen LogP contribution in [0.5, 0.6) is 0 Å². The van der Waals surface area contributed by atoms with Crippen molar-refractivity contribution in [2.75, 3.05) is 6.54 Å². The quantitative estimate of drug-likeness (QED) is 0.198. The van der Waals surface area contributed by atoms with Crippen LogP contribution < -0.4 is 4.06 Å². The number of rotatable bonds is 4. The molecule has 0 radical (unpaired) electrons. The molecule has 0 aliphatic carbocycles. The summed E-state index contributed by atoms with van der Waals surface area (Å²) in [7, 11) is 0. The van der Waals surface area contributed by atoms with E-state index < -0.39 is 13.4 Å². The molecule has 0 aliphatic heterocycles. The third-order valence-electron chi connectivity index (χ3n) is 0.957. The molecular formula is C5H18NO6P2S2Zn. The number of nitrogens with one attached hydrogen (secondary N) is 1. The Morgan fingerprint density at radius 2 is 1.24 bits per heavy atom. The monoisotopic (exact) mass is 378 g/mol. The average molecular weight is 380 g/mol. The summed E-state index contributed by atoms with van der Waals surface area (Å²) in [5, 5.41) is 0. The van der Waals surface area contributed by atoms with Crippen LogP contribution in [0.1, 0.15) is 26.2 Å². The summed E-state index contributed by atoms with van der Waals surface area (Å²) in [6.45, 7) is -4.15. The molecule has 12 heteroatoms. The topological polar surface area (TPSA) is 133 Å². The summed E-state index contributed by atoms with van der Waals surface area (Å²) in [5.74, 6) is 0. The molecule has 0 aromatic heterocycles. The SMILES string of the molecule is CCCCC[NH][Zn].OP(O)(O)=S.OP(O)(O)=S.